The zero-order valence-electron chi connectivity index (χ0n) is 16.7. The fraction of sp³-hybridized carbons (Fsp3) is 0.526. The zero-order chi connectivity index (χ0) is 21.9. The van der Waals surface area contributed by atoms with Crippen LogP contribution in [-0.4, -0.2) is 45.4 Å². The molecule has 0 bridgehead atoms. The van der Waals surface area contributed by atoms with Crippen molar-refractivity contribution < 1.29 is 29.0 Å². The lowest BCUT2D eigenvalue weighted by Gasteiger charge is -2.31. The zero-order valence-corrected chi connectivity index (χ0v) is 20.5. The number of carbonyl (C=O) groups is 3. The van der Waals surface area contributed by atoms with E-state index in [1.165, 1.54) is 0 Å². The van der Waals surface area contributed by atoms with E-state index in [2.05, 4.69) is 38.5 Å². The fourth-order valence-electron chi connectivity index (χ4n) is 2.14. The van der Waals surface area contributed by atoms with E-state index in [9.17, 15) is 19.5 Å². The first-order valence-corrected chi connectivity index (χ1v) is 10.4. The van der Waals surface area contributed by atoms with Crippen LogP contribution in [0.4, 0.5) is 9.59 Å². The van der Waals surface area contributed by atoms with E-state index in [1.54, 1.807) is 53.7 Å². The highest BCUT2D eigenvalue weighted by Gasteiger charge is 2.40. The van der Waals surface area contributed by atoms with Crippen LogP contribution in [0.25, 0.3) is 0 Å². The van der Waals surface area contributed by atoms with Crippen LogP contribution in [0, 0.1) is 3.57 Å². The molecule has 1 N–H and O–H groups in total. The Morgan fingerprint density at radius 2 is 1.54 bits per heavy atom. The van der Waals surface area contributed by atoms with Crippen LogP contribution >= 0.6 is 38.5 Å². The molecule has 1 unspecified atom stereocenters. The maximum atomic E-state index is 12.7. The Hall–Kier alpha value is -1.36. The van der Waals surface area contributed by atoms with Crippen LogP contribution in [0.1, 0.15) is 47.1 Å². The van der Waals surface area contributed by atoms with E-state index in [4.69, 9.17) is 9.47 Å². The Morgan fingerprint density at radius 3 is 1.89 bits per heavy atom. The van der Waals surface area contributed by atoms with Gasteiger partial charge in [-0.2, -0.15) is 4.90 Å². The minimum atomic E-state index is -1.49. The molecule has 0 saturated carbocycles. The molecule has 0 fully saturated rings. The third kappa shape index (κ3) is 7.94. The molecule has 1 rings (SSSR count). The quantitative estimate of drug-likeness (QED) is 0.500. The first-order valence-electron chi connectivity index (χ1n) is 8.52. The van der Waals surface area contributed by atoms with Crippen molar-refractivity contribution in [2.75, 3.05) is 0 Å². The van der Waals surface area contributed by atoms with Gasteiger partial charge < -0.3 is 14.6 Å². The number of hydrogen-bond acceptors (Lipinski definition) is 5. The highest BCUT2D eigenvalue weighted by molar-refractivity contribution is 14.1. The van der Waals surface area contributed by atoms with Gasteiger partial charge in [0.25, 0.3) is 0 Å². The second-order valence-electron chi connectivity index (χ2n) is 8.12. The van der Waals surface area contributed by atoms with Gasteiger partial charge in [-0.25, -0.2) is 14.4 Å². The molecule has 28 heavy (non-hydrogen) atoms. The lowest BCUT2D eigenvalue weighted by molar-refractivity contribution is -0.143. The average molecular weight is 570 g/mol. The maximum absolute atomic E-state index is 12.7. The van der Waals surface area contributed by atoms with Crippen LogP contribution in [0.15, 0.2) is 22.7 Å². The number of amides is 2. The number of imide groups is 1. The summed E-state index contributed by atoms with van der Waals surface area (Å²) in [6, 6.07) is 3.84. The first kappa shape index (κ1) is 24.7. The van der Waals surface area contributed by atoms with E-state index in [-0.39, 0.29) is 6.42 Å². The highest BCUT2D eigenvalue weighted by atomic mass is 127. The van der Waals surface area contributed by atoms with Crippen molar-refractivity contribution in [2.24, 2.45) is 0 Å². The Morgan fingerprint density at radius 1 is 1.07 bits per heavy atom. The van der Waals surface area contributed by atoms with Crippen molar-refractivity contribution in [3.05, 3.63) is 31.8 Å². The third-order valence-corrected chi connectivity index (χ3v) is 4.70. The molecule has 0 aliphatic heterocycles. The lowest BCUT2D eigenvalue weighted by atomic mass is 10.1. The number of rotatable bonds is 4. The first-order chi connectivity index (χ1) is 12.6. The van der Waals surface area contributed by atoms with Crippen molar-refractivity contribution in [3.63, 3.8) is 0 Å². The summed E-state index contributed by atoms with van der Waals surface area (Å²) in [6.07, 6.45) is -2.22. The monoisotopic (exact) mass is 569 g/mol. The van der Waals surface area contributed by atoms with Crippen molar-refractivity contribution in [3.8, 4) is 0 Å². The number of aliphatic carboxylic acids is 1. The summed E-state index contributed by atoms with van der Waals surface area (Å²) in [5.74, 6) is -1.34. The predicted molar refractivity (Wildman–Crippen MR) is 116 cm³/mol. The van der Waals surface area contributed by atoms with Crippen molar-refractivity contribution in [1.29, 1.82) is 0 Å². The number of carboxylic acid groups (broad SMARTS) is 1. The molecule has 1 atom stereocenters. The average Bonchev–Trinajstić information content (AvgIpc) is 2.44. The van der Waals surface area contributed by atoms with E-state index in [0.29, 0.717) is 10.5 Å². The number of benzene rings is 1. The predicted octanol–water partition coefficient (Wildman–Crippen LogP) is 5.22. The summed E-state index contributed by atoms with van der Waals surface area (Å²) in [4.78, 5) is 37.9. The van der Waals surface area contributed by atoms with Crippen LogP contribution < -0.4 is 0 Å². The molecule has 0 radical (unpaired) electrons. The van der Waals surface area contributed by atoms with Crippen LogP contribution in [0.3, 0.4) is 0 Å². The van der Waals surface area contributed by atoms with Gasteiger partial charge in [-0.3, -0.25) is 0 Å². The number of ether oxygens (including phenoxy) is 2. The molecule has 7 nitrogen and oxygen atoms in total. The van der Waals surface area contributed by atoms with Crippen molar-refractivity contribution >= 4 is 56.7 Å². The minimum Gasteiger partial charge on any atom is -0.480 e. The van der Waals surface area contributed by atoms with E-state index < -0.39 is 35.4 Å². The number of carboxylic acids is 1. The number of halogens is 2. The molecule has 1 aromatic rings. The standard InChI is InChI=1S/C19H25BrINO6/c1-18(2,3)27-16(25)22(17(26)28-19(4,5)6)14(15(23)24)9-11-7-8-12(20)10-13(11)21/h7-8,10,14H,9H2,1-6H3,(H,23,24). The van der Waals surface area contributed by atoms with Gasteiger partial charge in [0.15, 0.2) is 0 Å². The Bertz CT molecular complexity index is 726. The van der Waals surface area contributed by atoms with Gasteiger partial charge >= 0.3 is 18.2 Å². The third-order valence-electron chi connectivity index (χ3n) is 3.21. The lowest BCUT2D eigenvalue weighted by Crippen LogP contribution is -2.52. The van der Waals surface area contributed by atoms with Crippen LogP contribution in [0.2, 0.25) is 0 Å². The van der Waals surface area contributed by atoms with Gasteiger partial charge in [-0.05, 0) is 81.8 Å². The van der Waals surface area contributed by atoms with Gasteiger partial charge in [0.2, 0.25) is 0 Å². The molecule has 2 amide bonds. The largest absolute Gasteiger partial charge is 0.480 e. The molecule has 0 aliphatic carbocycles. The molecule has 1 aromatic carbocycles. The molecule has 0 aromatic heterocycles. The van der Waals surface area contributed by atoms with Gasteiger partial charge in [-0.15, -0.1) is 0 Å². The summed E-state index contributed by atoms with van der Waals surface area (Å²) in [5, 5.41) is 9.78. The van der Waals surface area contributed by atoms with Gasteiger partial charge in [0.1, 0.15) is 17.2 Å². The highest BCUT2D eigenvalue weighted by Crippen LogP contribution is 2.23. The molecule has 0 aliphatic rings. The van der Waals surface area contributed by atoms with Gasteiger partial charge in [0, 0.05) is 14.5 Å². The topological polar surface area (TPSA) is 93.1 Å². The number of carbonyl (C=O) groups excluding carboxylic acids is 2. The molecular formula is C19H25BrINO6. The van der Waals surface area contributed by atoms with Crippen molar-refractivity contribution in [2.45, 2.75) is 65.2 Å². The molecule has 0 heterocycles. The Balaban J connectivity index is 3.32. The van der Waals surface area contributed by atoms with Gasteiger partial charge in [-0.1, -0.05) is 22.0 Å². The summed E-state index contributed by atoms with van der Waals surface area (Å²) < 4.78 is 12.2. The number of nitrogens with zero attached hydrogens (tertiary/aromatic N) is 1. The smallest absolute Gasteiger partial charge is 0.420 e. The normalized spacial score (nSPS) is 12.9. The molecular weight excluding hydrogens is 545 g/mol. The summed E-state index contributed by atoms with van der Waals surface area (Å²) in [5.41, 5.74) is -1.15. The van der Waals surface area contributed by atoms with Gasteiger partial charge in [0.05, 0.1) is 0 Å². The Kier molecular flexibility index (Phi) is 8.31. The number of hydrogen-bond donors (Lipinski definition) is 1. The molecule has 9 heteroatoms. The van der Waals surface area contributed by atoms with Crippen LogP contribution in [-0.2, 0) is 20.7 Å². The fourth-order valence-corrected chi connectivity index (χ4v) is 3.66. The Labute approximate surface area is 187 Å². The second kappa shape index (κ2) is 9.43. The molecule has 0 spiro atoms. The maximum Gasteiger partial charge on any atom is 0.420 e. The second-order valence-corrected chi connectivity index (χ2v) is 10.2. The summed E-state index contributed by atoms with van der Waals surface area (Å²) in [7, 11) is 0. The van der Waals surface area contributed by atoms with Crippen molar-refractivity contribution in [1.82, 2.24) is 4.90 Å². The summed E-state index contributed by atoms with van der Waals surface area (Å²) >= 11 is 5.42. The minimum absolute atomic E-state index is 0.0840. The molecule has 0 saturated heterocycles. The van der Waals surface area contributed by atoms with E-state index in [1.807, 2.05) is 6.07 Å². The van der Waals surface area contributed by atoms with Crippen LogP contribution in [0.5, 0.6) is 0 Å². The van der Waals surface area contributed by atoms with E-state index in [0.717, 1.165) is 8.04 Å². The summed E-state index contributed by atoms with van der Waals surface area (Å²) in [6.45, 7) is 9.78. The van der Waals surface area contributed by atoms with E-state index >= 15 is 0 Å². The SMILES string of the molecule is CC(C)(C)OC(=O)N(C(=O)OC(C)(C)C)C(Cc1ccc(Br)cc1I)C(=O)O. The molecule has 156 valence electrons.